The molecule has 0 radical (unpaired) electrons. The molecule has 2 nitrogen and oxygen atoms in total. The Kier molecular flexibility index (Phi) is 9.23. The van der Waals surface area contributed by atoms with E-state index in [-0.39, 0.29) is 29.7 Å². The highest BCUT2D eigenvalue weighted by Gasteiger charge is 2.21. The third-order valence-corrected chi connectivity index (χ3v) is 12.9. The van der Waals surface area contributed by atoms with Crippen LogP contribution in [0.2, 0.25) is 0 Å². The molecule has 0 unspecified atom stereocenters. The van der Waals surface area contributed by atoms with Crippen molar-refractivity contribution in [1.82, 2.24) is 4.57 Å². The molecule has 0 amide bonds. The van der Waals surface area contributed by atoms with Crippen molar-refractivity contribution >= 4 is 38.9 Å². The summed E-state index contributed by atoms with van der Waals surface area (Å²) >= 11 is 0. The first kappa shape index (κ1) is 35.3. The molecule has 0 aliphatic heterocycles. The van der Waals surface area contributed by atoms with Crippen LogP contribution in [-0.4, -0.2) is 4.57 Å². The first-order chi connectivity index (χ1) is 35.8. The van der Waals surface area contributed by atoms with Gasteiger partial charge in [0.1, 0.15) is 0 Å². The molecular weight excluding hydrogens is 821 g/mol. The van der Waals surface area contributed by atoms with E-state index in [0.717, 1.165) is 100 Å². The fourth-order valence-electron chi connectivity index (χ4n) is 9.77. The molecule has 0 N–H and O–H groups in total. The molecule has 0 saturated carbocycles. The maximum absolute atomic E-state index is 8.84. The fourth-order valence-corrected chi connectivity index (χ4v) is 9.77. The van der Waals surface area contributed by atoms with Crippen LogP contribution in [0.1, 0.15) is 6.85 Å². The largest absolute Gasteiger partial charge is 0.310 e. The second kappa shape index (κ2) is 17.8. The summed E-state index contributed by atoms with van der Waals surface area (Å²) in [6.45, 7) is 0. The molecule has 0 aliphatic rings. The Morgan fingerprint density at radius 1 is 0.294 bits per heavy atom. The van der Waals surface area contributed by atoms with Crippen LogP contribution in [0.4, 0.5) is 17.1 Å². The van der Waals surface area contributed by atoms with Gasteiger partial charge in [0.25, 0.3) is 0 Å². The Hall–Kier alpha value is -8.98. The maximum Gasteiger partial charge on any atom is 0.0629 e. The Morgan fingerprint density at radius 2 is 0.779 bits per heavy atom. The van der Waals surface area contributed by atoms with Crippen LogP contribution < -0.4 is 4.90 Å². The van der Waals surface area contributed by atoms with Crippen molar-refractivity contribution in [2.45, 2.75) is 0 Å². The fraction of sp³-hybridized carbons (Fsp3) is 0. The lowest BCUT2D eigenvalue weighted by Crippen LogP contribution is -2.11. The van der Waals surface area contributed by atoms with E-state index in [1.165, 1.54) is 0 Å². The number of aromatic nitrogens is 1. The minimum absolute atomic E-state index is 0.179. The van der Waals surface area contributed by atoms with E-state index in [1.807, 2.05) is 36.4 Å². The van der Waals surface area contributed by atoms with Crippen LogP contribution in [0.3, 0.4) is 0 Å². The van der Waals surface area contributed by atoms with E-state index >= 15 is 0 Å². The number of para-hydroxylation sites is 2. The van der Waals surface area contributed by atoms with E-state index in [0.29, 0.717) is 5.56 Å². The standard InChI is InChI=1S/C66H46N2/c1-4-21-47(22-5-1)50-27-18-30-54(43-50)67(55-31-19-28-51(44-55)48-23-6-2-7-24-48)64-39-16-14-37-61(64)60-36-13-12-35-59(60)53-41-42-63-62-38-15-17-40-65(62)68(66(63)46-53)56-32-20-29-52(45-56)58-34-11-10-33-57(58)49-25-8-3-9-26-49/h1-46H/i3D,8D,9D,25D,26D. The van der Waals surface area contributed by atoms with Crippen LogP contribution in [0.5, 0.6) is 0 Å². The van der Waals surface area contributed by atoms with E-state index < -0.39 is 6.04 Å². The second-order valence-corrected chi connectivity index (χ2v) is 16.9. The van der Waals surface area contributed by atoms with Crippen LogP contribution in [0.25, 0.3) is 94.3 Å². The second-order valence-electron chi connectivity index (χ2n) is 16.9. The van der Waals surface area contributed by atoms with E-state index in [1.54, 1.807) is 0 Å². The predicted molar refractivity (Wildman–Crippen MR) is 288 cm³/mol. The van der Waals surface area contributed by atoms with Gasteiger partial charge in [0.05, 0.1) is 23.6 Å². The van der Waals surface area contributed by atoms with E-state index in [4.69, 9.17) is 6.85 Å². The van der Waals surface area contributed by atoms with Gasteiger partial charge in [0, 0.05) is 33.4 Å². The normalized spacial score (nSPS) is 12.3. The smallest absolute Gasteiger partial charge is 0.0629 e. The average Bonchev–Trinajstić information content (AvgIpc) is 3.79. The molecule has 11 aromatic carbocycles. The predicted octanol–water partition coefficient (Wildman–Crippen LogP) is 18.3. The number of nitrogens with zero attached hydrogens (tertiary/aromatic N) is 2. The highest BCUT2D eigenvalue weighted by Crippen LogP contribution is 2.46. The third kappa shape index (κ3) is 7.54. The van der Waals surface area contributed by atoms with Crippen molar-refractivity contribution in [3.63, 3.8) is 0 Å². The monoisotopic (exact) mass is 871 g/mol. The highest BCUT2D eigenvalue weighted by molar-refractivity contribution is 6.11. The van der Waals surface area contributed by atoms with Crippen molar-refractivity contribution in [2.75, 3.05) is 4.90 Å². The molecule has 0 aliphatic carbocycles. The summed E-state index contributed by atoms with van der Waals surface area (Å²) < 4.78 is 45.1. The topological polar surface area (TPSA) is 8.17 Å². The molecular formula is C66H46N2. The number of anilines is 3. The van der Waals surface area contributed by atoms with Crippen molar-refractivity contribution in [1.29, 1.82) is 0 Å². The number of hydrogen-bond acceptors (Lipinski definition) is 1. The zero-order chi connectivity index (χ0) is 49.6. The van der Waals surface area contributed by atoms with Gasteiger partial charge in [0.2, 0.25) is 0 Å². The molecule has 0 spiro atoms. The van der Waals surface area contributed by atoms with Gasteiger partial charge >= 0.3 is 0 Å². The first-order valence-corrected chi connectivity index (χ1v) is 22.9. The van der Waals surface area contributed by atoms with Crippen molar-refractivity contribution in [3.8, 4) is 72.4 Å². The van der Waals surface area contributed by atoms with Gasteiger partial charge < -0.3 is 9.47 Å². The maximum atomic E-state index is 8.84. The molecule has 1 heterocycles. The van der Waals surface area contributed by atoms with Gasteiger partial charge in [-0.1, -0.05) is 224 Å². The summed E-state index contributed by atoms with van der Waals surface area (Å²) in [4.78, 5) is 2.38. The first-order valence-electron chi connectivity index (χ1n) is 25.4. The number of rotatable bonds is 10. The Balaban J connectivity index is 1.01. The molecule has 320 valence electrons. The summed E-state index contributed by atoms with van der Waals surface area (Å²) in [5.41, 5.74) is 17.4. The Morgan fingerprint density at radius 3 is 1.46 bits per heavy atom. The number of fused-ring (bicyclic) bond motifs is 3. The molecule has 0 saturated heterocycles. The molecule has 12 aromatic rings. The summed E-state index contributed by atoms with van der Waals surface area (Å²) in [6, 6.07) is 85.5. The van der Waals surface area contributed by atoms with Crippen LogP contribution in [-0.2, 0) is 0 Å². The van der Waals surface area contributed by atoms with Crippen LogP contribution in [0, 0.1) is 0 Å². The van der Waals surface area contributed by atoms with E-state index in [9.17, 15) is 0 Å². The minimum Gasteiger partial charge on any atom is -0.310 e. The summed E-state index contributed by atoms with van der Waals surface area (Å²) in [5, 5.41) is 2.24. The molecule has 1 aromatic heterocycles. The lowest BCUT2D eigenvalue weighted by molar-refractivity contribution is 1.18. The zero-order valence-electron chi connectivity index (χ0n) is 42.1. The zero-order valence-corrected chi connectivity index (χ0v) is 37.1. The van der Waals surface area contributed by atoms with Gasteiger partial charge in [-0.2, -0.15) is 0 Å². The van der Waals surface area contributed by atoms with Crippen molar-refractivity contribution in [2.24, 2.45) is 0 Å². The lowest BCUT2D eigenvalue weighted by atomic mass is 9.92. The third-order valence-electron chi connectivity index (χ3n) is 12.9. The number of benzene rings is 11. The molecule has 2 heteroatoms. The number of hydrogen-bond donors (Lipinski definition) is 0. The molecule has 0 bridgehead atoms. The molecule has 0 atom stereocenters. The Bertz CT molecular complexity index is 3940. The van der Waals surface area contributed by atoms with Gasteiger partial charge in [-0.15, -0.1) is 0 Å². The lowest BCUT2D eigenvalue weighted by Gasteiger charge is -2.29. The van der Waals surface area contributed by atoms with E-state index in [2.05, 4.69) is 222 Å². The summed E-state index contributed by atoms with van der Waals surface area (Å²) in [7, 11) is 0. The minimum atomic E-state index is -0.410. The highest BCUT2D eigenvalue weighted by atomic mass is 15.1. The molecule has 68 heavy (non-hydrogen) atoms. The van der Waals surface area contributed by atoms with Crippen molar-refractivity contribution in [3.05, 3.63) is 279 Å². The van der Waals surface area contributed by atoms with Crippen LogP contribution >= 0.6 is 0 Å². The quantitative estimate of drug-likeness (QED) is 0.133. The van der Waals surface area contributed by atoms with Gasteiger partial charge in [-0.25, -0.2) is 0 Å². The average molecular weight is 872 g/mol. The SMILES string of the molecule is [2H]c1c([2H])c([2H])c(-c2ccccc2-c2cccc(-n3c4ccccc4c4ccc(-c5ccccc5-c5ccccc5N(c5cccc(-c6ccccc6)c5)c5cccc(-c6ccccc6)c5)cc43)c2)c([2H])c1[2H]. The Labute approximate surface area is 405 Å². The summed E-state index contributed by atoms with van der Waals surface area (Å²) in [5.74, 6) is 0. The molecule has 0 fully saturated rings. The van der Waals surface area contributed by atoms with Gasteiger partial charge in [0.15, 0.2) is 0 Å². The summed E-state index contributed by atoms with van der Waals surface area (Å²) in [6.07, 6.45) is 0. The van der Waals surface area contributed by atoms with Crippen molar-refractivity contribution < 1.29 is 6.85 Å². The molecule has 12 rings (SSSR count). The van der Waals surface area contributed by atoms with Gasteiger partial charge in [-0.3, -0.25) is 0 Å². The van der Waals surface area contributed by atoms with Crippen LogP contribution in [0.15, 0.2) is 279 Å². The van der Waals surface area contributed by atoms with Gasteiger partial charge in [-0.05, 0) is 116 Å².